The van der Waals surface area contributed by atoms with E-state index in [1.807, 2.05) is 18.2 Å². The number of carbonyl (C=O) groups excluding carboxylic acids is 1. The number of halogens is 1. The van der Waals surface area contributed by atoms with Crippen molar-refractivity contribution >= 4 is 33.5 Å². The van der Waals surface area contributed by atoms with E-state index in [9.17, 15) is 14.7 Å². The Morgan fingerprint density at radius 2 is 1.74 bits per heavy atom. The molecule has 2 heterocycles. The average Bonchev–Trinajstić information content (AvgIpc) is 2.78. The van der Waals surface area contributed by atoms with Gasteiger partial charge in [-0.2, -0.15) is 0 Å². The summed E-state index contributed by atoms with van der Waals surface area (Å²) in [4.78, 5) is 27.7. The van der Waals surface area contributed by atoms with E-state index in [1.54, 1.807) is 53.4 Å². The minimum absolute atomic E-state index is 0.244. The molecule has 1 amide bonds. The highest BCUT2D eigenvalue weighted by Crippen LogP contribution is 2.47. The second-order valence-corrected chi connectivity index (χ2v) is 8.32. The number of nitrogens with zero attached hydrogens (tertiary/aromatic N) is 1. The van der Waals surface area contributed by atoms with Crippen LogP contribution in [0.1, 0.15) is 33.4 Å². The quantitative estimate of drug-likeness (QED) is 0.584. The van der Waals surface area contributed by atoms with Crippen molar-refractivity contribution in [3.63, 3.8) is 0 Å². The van der Waals surface area contributed by atoms with E-state index in [0.717, 1.165) is 4.47 Å². The van der Waals surface area contributed by atoms with Crippen molar-refractivity contribution < 1.29 is 24.2 Å². The van der Waals surface area contributed by atoms with Crippen LogP contribution in [0.15, 0.2) is 71.2 Å². The standard InChI is InChI=1S/C24H18BrNO5/c25-15-4-3-5-16(13-15)26-22(14-8-9-19-20(12-14)31-11-10-30-19)21(24(28)29)17-6-1-2-7-18(17)23(26)27/h1-9,12-13,21-22H,10-11H2,(H,28,29)/t21-,22+/m0/s1. The molecule has 0 radical (unpaired) electrons. The summed E-state index contributed by atoms with van der Waals surface area (Å²) in [6.45, 7) is 0.879. The van der Waals surface area contributed by atoms with Crippen molar-refractivity contribution in [1.29, 1.82) is 0 Å². The van der Waals surface area contributed by atoms with Crippen LogP contribution in [0.25, 0.3) is 0 Å². The highest BCUT2D eigenvalue weighted by atomic mass is 79.9. The molecule has 1 N–H and O–H groups in total. The molecule has 31 heavy (non-hydrogen) atoms. The number of hydrogen-bond acceptors (Lipinski definition) is 4. The Hall–Kier alpha value is -3.32. The van der Waals surface area contributed by atoms with Gasteiger partial charge in [-0.25, -0.2) is 0 Å². The summed E-state index contributed by atoms with van der Waals surface area (Å²) in [5.41, 5.74) is 2.18. The number of fused-ring (bicyclic) bond motifs is 2. The minimum atomic E-state index is -1.00. The van der Waals surface area contributed by atoms with Crippen LogP contribution >= 0.6 is 15.9 Å². The largest absolute Gasteiger partial charge is 0.486 e. The summed E-state index contributed by atoms with van der Waals surface area (Å²) in [5.74, 6) is -1.03. The van der Waals surface area contributed by atoms with Crippen LogP contribution in [0.5, 0.6) is 11.5 Å². The van der Waals surface area contributed by atoms with Crippen molar-refractivity contribution in [1.82, 2.24) is 0 Å². The molecule has 0 unspecified atom stereocenters. The lowest BCUT2D eigenvalue weighted by molar-refractivity contribution is -0.139. The van der Waals surface area contributed by atoms with Crippen molar-refractivity contribution in [2.45, 2.75) is 12.0 Å². The first-order valence-electron chi connectivity index (χ1n) is 9.85. The molecule has 0 aromatic heterocycles. The molecule has 0 aliphatic carbocycles. The maximum absolute atomic E-state index is 13.6. The van der Waals surface area contributed by atoms with Gasteiger partial charge in [0.15, 0.2) is 11.5 Å². The zero-order valence-electron chi connectivity index (χ0n) is 16.3. The molecule has 0 saturated heterocycles. The normalized spacial score (nSPS) is 19.6. The first-order valence-corrected chi connectivity index (χ1v) is 10.6. The Morgan fingerprint density at radius 1 is 0.968 bits per heavy atom. The fraction of sp³-hybridized carbons (Fsp3) is 0.167. The van der Waals surface area contributed by atoms with Gasteiger partial charge in [0.05, 0.1) is 6.04 Å². The van der Waals surface area contributed by atoms with Crippen molar-refractivity contribution in [3.05, 3.63) is 87.9 Å². The van der Waals surface area contributed by atoms with Gasteiger partial charge in [0.1, 0.15) is 19.1 Å². The summed E-state index contributed by atoms with van der Waals surface area (Å²) < 4.78 is 12.1. The van der Waals surface area contributed by atoms with Crippen LogP contribution in [0.3, 0.4) is 0 Å². The number of carbonyl (C=O) groups is 2. The topological polar surface area (TPSA) is 76.1 Å². The third-order valence-corrected chi connectivity index (χ3v) is 6.09. The van der Waals surface area contributed by atoms with E-state index in [0.29, 0.717) is 47.1 Å². The van der Waals surface area contributed by atoms with Gasteiger partial charge in [-0.1, -0.05) is 46.3 Å². The lowest BCUT2D eigenvalue weighted by Gasteiger charge is -2.41. The van der Waals surface area contributed by atoms with Crippen LogP contribution in [-0.4, -0.2) is 30.2 Å². The smallest absolute Gasteiger partial charge is 0.313 e. The first-order chi connectivity index (χ1) is 15.0. The van der Waals surface area contributed by atoms with Gasteiger partial charge in [-0.05, 0) is 47.5 Å². The second kappa shape index (κ2) is 7.74. The Balaban J connectivity index is 1.74. The second-order valence-electron chi connectivity index (χ2n) is 7.41. The van der Waals surface area contributed by atoms with E-state index < -0.39 is 17.9 Å². The van der Waals surface area contributed by atoms with E-state index in [1.165, 1.54) is 0 Å². The molecule has 0 bridgehead atoms. The molecule has 0 fully saturated rings. The third-order valence-electron chi connectivity index (χ3n) is 5.60. The Kier molecular flexibility index (Phi) is 4.90. The fourth-order valence-corrected chi connectivity index (χ4v) is 4.68. The van der Waals surface area contributed by atoms with E-state index in [4.69, 9.17) is 9.47 Å². The maximum Gasteiger partial charge on any atom is 0.313 e. The molecule has 2 aliphatic heterocycles. The van der Waals surface area contributed by atoms with Crippen molar-refractivity contribution in [2.75, 3.05) is 18.1 Å². The molecule has 156 valence electrons. The van der Waals surface area contributed by atoms with Crippen LogP contribution in [0.4, 0.5) is 5.69 Å². The van der Waals surface area contributed by atoms with E-state index in [-0.39, 0.29) is 5.91 Å². The molecular weight excluding hydrogens is 462 g/mol. The molecule has 2 aliphatic rings. The monoisotopic (exact) mass is 479 g/mol. The Bertz CT molecular complexity index is 1190. The lowest BCUT2D eigenvalue weighted by atomic mass is 9.79. The van der Waals surface area contributed by atoms with Gasteiger partial charge in [-0.15, -0.1) is 0 Å². The maximum atomic E-state index is 13.6. The number of carboxylic acids is 1. The zero-order chi connectivity index (χ0) is 21.5. The lowest BCUT2D eigenvalue weighted by Crippen LogP contribution is -2.45. The summed E-state index contributed by atoms with van der Waals surface area (Å²) in [7, 11) is 0. The van der Waals surface area contributed by atoms with Crippen LogP contribution in [0, 0.1) is 0 Å². The van der Waals surface area contributed by atoms with Crippen LogP contribution in [-0.2, 0) is 4.79 Å². The number of rotatable bonds is 3. The number of ether oxygens (including phenoxy) is 2. The first kappa shape index (κ1) is 19.6. The molecule has 0 saturated carbocycles. The predicted molar refractivity (Wildman–Crippen MR) is 118 cm³/mol. The van der Waals surface area contributed by atoms with Crippen molar-refractivity contribution in [3.8, 4) is 11.5 Å². The van der Waals surface area contributed by atoms with Crippen molar-refractivity contribution in [2.24, 2.45) is 0 Å². The molecular formula is C24H18BrNO5. The van der Waals surface area contributed by atoms with Gasteiger partial charge in [0, 0.05) is 15.7 Å². The molecule has 2 atom stereocenters. The summed E-state index contributed by atoms with van der Waals surface area (Å²) in [5, 5.41) is 10.3. The Morgan fingerprint density at radius 3 is 2.52 bits per heavy atom. The third kappa shape index (κ3) is 3.35. The number of hydrogen-bond donors (Lipinski definition) is 1. The average molecular weight is 480 g/mol. The number of aliphatic carboxylic acids is 1. The molecule has 3 aromatic carbocycles. The predicted octanol–water partition coefficient (Wildman–Crippen LogP) is 4.79. The van der Waals surface area contributed by atoms with Crippen LogP contribution in [0.2, 0.25) is 0 Å². The van der Waals surface area contributed by atoms with Gasteiger partial charge in [0.2, 0.25) is 0 Å². The fourth-order valence-electron chi connectivity index (χ4n) is 4.30. The highest BCUT2D eigenvalue weighted by molar-refractivity contribution is 9.10. The molecule has 3 aromatic rings. The van der Waals surface area contributed by atoms with E-state index in [2.05, 4.69) is 15.9 Å². The number of benzene rings is 3. The summed E-state index contributed by atoms with van der Waals surface area (Å²) in [6, 6.07) is 18.8. The summed E-state index contributed by atoms with van der Waals surface area (Å²) in [6.07, 6.45) is 0. The summed E-state index contributed by atoms with van der Waals surface area (Å²) >= 11 is 3.46. The molecule has 5 rings (SSSR count). The number of amides is 1. The zero-order valence-corrected chi connectivity index (χ0v) is 17.9. The highest BCUT2D eigenvalue weighted by Gasteiger charge is 2.45. The molecule has 7 heteroatoms. The van der Waals surface area contributed by atoms with Gasteiger partial charge >= 0.3 is 5.97 Å². The van der Waals surface area contributed by atoms with E-state index >= 15 is 0 Å². The SMILES string of the molecule is O=C(O)[C@H]1c2ccccc2C(=O)N(c2cccc(Br)c2)[C@@H]1c1ccc2c(c1)OCCO2. The minimum Gasteiger partial charge on any atom is -0.486 e. The Labute approximate surface area is 187 Å². The molecule has 6 nitrogen and oxygen atoms in total. The molecule has 0 spiro atoms. The number of anilines is 1. The van der Waals surface area contributed by atoms with Crippen LogP contribution < -0.4 is 14.4 Å². The van der Waals surface area contributed by atoms with Gasteiger partial charge in [0.25, 0.3) is 5.91 Å². The van der Waals surface area contributed by atoms with Gasteiger partial charge in [-0.3, -0.25) is 14.5 Å². The van der Waals surface area contributed by atoms with Gasteiger partial charge < -0.3 is 14.6 Å². The number of carboxylic acid groups (broad SMARTS) is 1.